The standard InChI is InChI=1S/C24H22ClN5O2/c1-24(13-21(31)30(23(26)29-24)15-16-6-3-2-4-7-16)17-8-5-9-19(12-17)28-22(32)20-11-10-18(25)14-27-20/h2-12,14H,13,15H2,1H3,(H2,26,29)(H,28,32)/t24-/m0/s1. The van der Waals surface area contributed by atoms with Gasteiger partial charge in [-0.1, -0.05) is 54.1 Å². The molecule has 0 saturated carbocycles. The molecule has 162 valence electrons. The van der Waals surface area contributed by atoms with Crippen molar-refractivity contribution in [1.82, 2.24) is 9.88 Å². The van der Waals surface area contributed by atoms with Gasteiger partial charge in [0, 0.05) is 11.9 Å². The van der Waals surface area contributed by atoms with Crippen LogP contribution < -0.4 is 11.1 Å². The molecule has 32 heavy (non-hydrogen) atoms. The van der Waals surface area contributed by atoms with Crippen LogP contribution in [-0.4, -0.2) is 27.7 Å². The van der Waals surface area contributed by atoms with Crippen molar-refractivity contribution in [3.8, 4) is 0 Å². The van der Waals surface area contributed by atoms with Crippen molar-refractivity contribution in [2.75, 3.05) is 5.32 Å². The topological polar surface area (TPSA) is 101 Å². The molecular formula is C24H22ClN5O2. The molecule has 2 heterocycles. The van der Waals surface area contributed by atoms with Crippen LogP contribution in [0.25, 0.3) is 0 Å². The van der Waals surface area contributed by atoms with E-state index in [4.69, 9.17) is 17.3 Å². The third kappa shape index (κ3) is 4.63. The number of halogens is 1. The van der Waals surface area contributed by atoms with Gasteiger partial charge < -0.3 is 11.1 Å². The predicted molar refractivity (Wildman–Crippen MR) is 124 cm³/mol. The van der Waals surface area contributed by atoms with E-state index in [2.05, 4.69) is 15.3 Å². The van der Waals surface area contributed by atoms with Crippen molar-refractivity contribution < 1.29 is 9.59 Å². The number of pyridine rings is 1. The Bertz CT molecular complexity index is 1180. The maximum atomic E-state index is 12.9. The SMILES string of the molecule is C[C@@]1(c2cccc(NC(=O)c3ccc(Cl)cn3)c2)CC(=O)N(Cc2ccccc2)C(N)=N1. The van der Waals surface area contributed by atoms with Crippen LogP contribution in [0.1, 0.15) is 35.0 Å². The number of hydrogen-bond donors (Lipinski definition) is 2. The van der Waals surface area contributed by atoms with E-state index in [0.717, 1.165) is 11.1 Å². The van der Waals surface area contributed by atoms with E-state index in [1.807, 2.05) is 43.3 Å². The molecule has 1 atom stereocenters. The summed E-state index contributed by atoms with van der Waals surface area (Å²) in [4.78, 5) is 35.6. The first-order valence-electron chi connectivity index (χ1n) is 10.1. The van der Waals surface area contributed by atoms with E-state index in [-0.39, 0.29) is 29.9 Å². The summed E-state index contributed by atoms with van der Waals surface area (Å²) in [6.07, 6.45) is 1.58. The lowest BCUT2D eigenvalue weighted by atomic mass is 9.87. The van der Waals surface area contributed by atoms with Gasteiger partial charge in [-0.2, -0.15) is 0 Å². The van der Waals surface area contributed by atoms with E-state index in [1.165, 1.54) is 11.1 Å². The second-order valence-corrected chi connectivity index (χ2v) is 8.22. The molecule has 8 heteroatoms. The number of rotatable bonds is 5. The molecule has 0 bridgehead atoms. The summed E-state index contributed by atoms with van der Waals surface area (Å²) in [6, 6.07) is 20.0. The fraction of sp³-hybridized carbons (Fsp3) is 0.167. The molecule has 0 unspecified atom stereocenters. The number of guanidine groups is 1. The number of carbonyl (C=O) groups excluding carboxylic acids is 2. The largest absolute Gasteiger partial charge is 0.369 e. The highest BCUT2D eigenvalue weighted by Crippen LogP contribution is 2.34. The highest BCUT2D eigenvalue weighted by Gasteiger charge is 2.37. The Morgan fingerprint density at radius 1 is 1.16 bits per heavy atom. The van der Waals surface area contributed by atoms with Crippen molar-refractivity contribution >= 4 is 35.1 Å². The zero-order chi connectivity index (χ0) is 22.7. The molecule has 3 aromatic rings. The third-order valence-corrected chi connectivity index (χ3v) is 5.54. The Balaban J connectivity index is 1.55. The Hall–Kier alpha value is -3.71. The second kappa shape index (κ2) is 8.80. The minimum absolute atomic E-state index is 0.108. The number of nitrogens with zero attached hydrogens (tertiary/aromatic N) is 3. The van der Waals surface area contributed by atoms with Crippen molar-refractivity contribution in [3.05, 3.63) is 94.8 Å². The number of hydrogen-bond acceptors (Lipinski definition) is 5. The van der Waals surface area contributed by atoms with Gasteiger partial charge in [0.2, 0.25) is 5.91 Å². The van der Waals surface area contributed by atoms with E-state index in [9.17, 15) is 9.59 Å². The molecule has 1 aromatic heterocycles. The average molecular weight is 448 g/mol. The van der Waals surface area contributed by atoms with Gasteiger partial charge in [0.1, 0.15) is 5.69 Å². The Morgan fingerprint density at radius 2 is 1.94 bits per heavy atom. The Labute approximate surface area is 190 Å². The summed E-state index contributed by atoms with van der Waals surface area (Å²) in [5, 5.41) is 3.27. The zero-order valence-electron chi connectivity index (χ0n) is 17.5. The number of carbonyl (C=O) groups is 2. The third-order valence-electron chi connectivity index (χ3n) is 5.32. The fourth-order valence-electron chi connectivity index (χ4n) is 3.61. The molecule has 4 rings (SSSR count). The summed E-state index contributed by atoms with van der Waals surface area (Å²) >= 11 is 5.83. The minimum atomic E-state index is -0.840. The van der Waals surface area contributed by atoms with Crippen LogP contribution in [0.15, 0.2) is 77.9 Å². The molecule has 0 fully saturated rings. The lowest BCUT2D eigenvalue weighted by Gasteiger charge is -2.35. The lowest BCUT2D eigenvalue weighted by Crippen LogP contribution is -2.49. The van der Waals surface area contributed by atoms with Crippen LogP contribution in [0.5, 0.6) is 0 Å². The number of nitrogens with one attached hydrogen (secondary N) is 1. The van der Waals surface area contributed by atoms with Crippen molar-refractivity contribution in [1.29, 1.82) is 0 Å². The van der Waals surface area contributed by atoms with E-state index in [1.54, 1.807) is 30.3 Å². The molecule has 2 aromatic carbocycles. The van der Waals surface area contributed by atoms with E-state index in [0.29, 0.717) is 17.3 Å². The number of anilines is 1. The van der Waals surface area contributed by atoms with Gasteiger partial charge >= 0.3 is 0 Å². The summed E-state index contributed by atoms with van der Waals surface area (Å²) in [5.74, 6) is -0.295. The van der Waals surface area contributed by atoms with Crippen LogP contribution >= 0.6 is 11.6 Å². The Morgan fingerprint density at radius 3 is 2.62 bits per heavy atom. The van der Waals surface area contributed by atoms with Crippen LogP contribution in [0.3, 0.4) is 0 Å². The first-order valence-corrected chi connectivity index (χ1v) is 10.4. The smallest absolute Gasteiger partial charge is 0.274 e. The van der Waals surface area contributed by atoms with Gasteiger partial charge in [-0.15, -0.1) is 0 Å². The van der Waals surface area contributed by atoms with Crippen molar-refractivity contribution in [2.45, 2.75) is 25.4 Å². The maximum absolute atomic E-state index is 12.9. The summed E-state index contributed by atoms with van der Waals surface area (Å²) in [7, 11) is 0. The molecule has 2 amide bonds. The first kappa shape index (κ1) is 21.5. The molecule has 3 N–H and O–H groups in total. The molecule has 0 saturated heterocycles. The van der Waals surface area contributed by atoms with Gasteiger partial charge in [0.25, 0.3) is 5.91 Å². The van der Waals surface area contributed by atoms with E-state index < -0.39 is 5.54 Å². The van der Waals surface area contributed by atoms with Crippen molar-refractivity contribution in [3.63, 3.8) is 0 Å². The van der Waals surface area contributed by atoms with Crippen LogP contribution in [0.2, 0.25) is 5.02 Å². The van der Waals surface area contributed by atoms with E-state index >= 15 is 0 Å². The first-order chi connectivity index (χ1) is 15.3. The molecule has 7 nitrogen and oxygen atoms in total. The highest BCUT2D eigenvalue weighted by atomic mass is 35.5. The molecule has 1 aliphatic heterocycles. The number of amides is 2. The average Bonchev–Trinajstić information content (AvgIpc) is 2.78. The summed E-state index contributed by atoms with van der Waals surface area (Å²) < 4.78 is 0. The van der Waals surface area contributed by atoms with Crippen LogP contribution in [-0.2, 0) is 16.9 Å². The summed E-state index contributed by atoms with van der Waals surface area (Å²) in [5.41, 5.74) is 7.93. The van der Waals surface area contributed by atoms with Gasteiger partial charge in [0.05, 0.1) is 23.5 Å². The molecule has 0 spiro atoms. The number of aliphatic imine (C=N–C) groups is 1. The number of benzene rings is 2. The highest BCUT2D eigenvalue weighted by molar-refractivity contribution is 6.30. The van der Waals surface area contributed by atoms with Gasteiger partial charge in [-0.25, -0.2) is 9.98 Å². The maximum Gasteiger partial charge on any atom is 0.274 e. The van der Waals surface area contributed by atoms with Gasteiger partial charge in [-0.05, 0) is 42.3 Å². The predicted octanol–water partition coefficient (Wildman–Crippen LogP) is 3.95. The monoisotopic (exact) mass is 447 g/mol. The minimum Gasteiger partial charge on any atom is -0.369 e. The molecule has 0 radical (unpaired) electrons. The zero-order valence-corrected chi connectivity index (χ0v) is 18.2. The van der Waals surface area contributed by atoms with Gasteiger partial charge in [0.15, 0.2) is 5.96 Å². The normalized spacial score (nSPS) is 18.2. The number of nitrogens with two attached hydrogens (primary N) is 1. The number of aromatic nitrogens is 1. The second-order valence-electron chi connectivity index (χ2n) is 7.78. The van der Waals surface area contributed by atoms with Crippen molar-refractivity contribution in [2.24, 2.45) is 10.7 Å². The quantitative estimate of drug-likeness (QED) is 0.618. The summed E-state index contributed by atoms with van der Waals surface area (Å²) in [6.45, 7) is 2.23. The molecular weight excluding hydrogens is 426 g/mol. The fourth-order valence-corrected chi connectivity index (χ4v) is 3.72. The molecule has 1 aliphatic rings. The van der Waals surface area contributed by atoms with Gasteiger partial charge in [-0.3, -0.25) is 14.5 Å². The van der Waals surface area contributed by atoms with Crippen LogP contribution in [0.4, 0.5) is 5.69 Å². The Kier molecular flexibility index (Phi) is 5.92. The lowest BCUT2D eigenvalue weighted by molar-refractivity contribution is -0.130. The van der Waals surface area contributed by atoms with Crippen LogP contribution in [0, 0.1) is 0 Å². The molecule has 0 aliphatic carbocycles.